The minimum atomic E-state index is -3.53. The van der Waals surface area contributed by atoms with E-state index in [4.69, 9.17) is 0 Å². The first-order valence-corrected chi connectivity index (χ1v) is 12.7. The van der Waals surface area contributed by atoms with Gasteiger partial charge in [-0.2, -0.15) is 15.6 Å². The van der Waals surface area contributed by atoms with Gasteiger partial charge in [0.2, 0.25) is 10.0 Å². The molecule has 2 fully saturated rings. The molecule has 0 bridgehead atoms. The van der Waals surface area contributed by atoms with E-state index in [2.05, 4.69) is 25.3 Å². The lowest BCUT2D eigenvalue weighted by molar-refractivity contribution is 0.0736. The average Bonchev–Trinajstić information content (AvgIpc) is 3.38. The van der Waals surface area contributed by atoms with Crippen molar-refractivity contribution in [3.8, 4) is 0 Å². The van der Waals surface area contributed by atoms with Gasteiger partial charge in [-0.3, -0.25) is 4.79 Å². The molecule has 0 aliphatic carbocycles. The van der Waals surface area contributed by atoms with Gasteiger partial charge in [-0.1, -0.05) is 13.8 Å². The molecule has 3 atom stereocenters. The fourth-order valence-electron chi connectivity index (χ4n) is 4.71. The number of rotatable bonds is 4. The topological polar surface area (TPSA) is 57.7 Å². The van der Waals surface area contributed by atoms with Crippen LogP contribution in [0.2, 0.25) is 0 Å². The van der Waals surface area contributed by atoms with Crippen molar-refractivity contribution in [1.82, 2.24) is 9.21 Å². The fourth-order valence-corrected chi connectivity index (χ4v) is 7.09. The first-order valence-electron chi connectivity index (χ1n) is 10.3. The van der Waals surface area contributed by atoms with Gasteiger partial charge in [-0.25, -0.2) is 8.42 Å². The molecule has 0 saturated carbocycles. The molecule has 1 aromatic heterocycles. The summed E-state index contributed by atoms with van der Waals surface area (Å²) >= 11 is 1.65. The highest BCUT2D eigenvalue weighted by molar-refractivity contribution is 7.89. The quantitative estimate of drug-likeness (QED) is 0.720. The molecule has 0 radical (unpaired) electrons. The molecule has 156 valence electrons. The Morgan fingerprint density at radius 1 is 1.07 bits per heavy atom. The lowest BCUT2D eigenvalue weighted by Gasteiger charge is -2.34. The third kappa shape index (κ3) is 4.13. The van der Waals surface area contributed by atoms with Crippen molar-refractivity contribution in [2.45, 2.75) is 44.0 Å². The third-order valence-corrected chi connectivity index (χ3v) is 8.56. The maximum absolute atomic E-state index is 13.1. The lowest BCUT2D eigenvalue weighted by Crippen LogP contribution is -2.42. The number of likely N-dealkylation sites (tertiary alicyclic amines) is 1. The van der Waals surface area contributed by atoms with Crippen molar-refractivity contribution in [3.63, 3.8) is 0 Å². The van der Waals surface area contributed by atoms with Crippen molar-refractivity contribution in [2.24, 2.45) is 11.8 Å². The number of piperidine rings is 1. The van der Waals surface area contributed by atoms with E-state index in [1.807, 2.05) is 10.3 Å². The minimum absolute atomic E-state index is 0.0251. The van der Waals surface area contributed by atoms with Gasteiger partial charge in [0.1, 0.15) is 0 Å². The highest BCUT2D eigenvalue weighted by Gasteiger charge is 2.33. The molecule has 2 aromatic rings. The van der Waals surface area contributed by atoms with Crippen LogP contribution in [0.25, 0.3) is 0 Å². The van der Waals surface area contributed by atoms with E-state index < -0.39 is 10.0 Å². The maximum atomic E-state index is 13.1. The van der Waals surface area contributed by atoms with E-state index >= 15 is 0 Å². The van der Waals surface area contributed by atoms with E-state index in [0.717, 1.165) is 25.8 Å². The van der Waals surface area contributed by atoms with E-state index in [9.17, 15) is 13.2 Å². The largest absolute Gasteiger partial charge is 0.332 e. The minimum Gasteiger partial charge on any atom is -0.332 e. The van der Waals surface area contributed by atoms with E-state index in [-0.39, 0.29) is 16.8 Å². The van der Waals surface area contributed by atoms with Crippen LogP contribution in [0.3, 0.4) is 0 Å². The smallest absolute Gasteiger partial charge is 0.254 e. The van der Waals surface area contributed by atoms with Gasteiger partial charge in [0.05, 0.1) is 10.9 Å². The summed E-state index contributed by atoms with van der Waals surface area (Å²) in [6.45, 7) is 6.05. The molecule has 2 aliphatic rings. The number of benzene rings is 1. The molecule has 29 heavy (non-hydrogen) atoms. The first-order chi connectivity index (χ1) is 13.9. The van der Waals surface area contributed by atoms with Crippen LogP contribution in [-0.4, -0.2) is 43.2 Å². The predicted molar refractivity (Wildman–Crippen MR) is 115 cm³/mol. The standard InChI is InChI=1S/C22H28N2O3S2/c1-16-12-17(2)14-23(13-16)29(26,27)20-7-5-18(6-8-20)22(25)24-10-3-4-21(24)19-9-11-28-15-19/h5-9,11,15-17,21H,3-4,10,12-14H2,1-2H3. The Morgan fingerprint density at radius 2 is 1.76 bits per heavy atom. The molecule has 0 N–H and O–H groups in total. The monoisotopic (exact) mass is 432 g/mol. The number of nitrogens with zero attached hydrogens (tertiary/aromatic N) is 2. The Kier molecular flexibility index (Phi) is 5.82. The van der Waals surface area contributed by atoms with Gasteiger partial charge in [0.25, 0.3) is 5.91 Å². The second-order valence-electron chi connectivity index (χ2n) is 8.51. The van der Waals surface area contributed by atoms with Gasteiger partial charge in [-0.15, -0.1) is 0 Å². The Morgan fingerprint density at radius 3 is 2.38 bits per heavy atom. The van der Waals surface area contributed by atoms with Crippen LogP contribution in [0.4, 0.5) is 0 Å². The van der Waals surface area contributed by atoms with Crippen LogP contribution in [0, 0.1) is 11.8 Å². The summed E-state index contributed by atoms with van der Waals surface area (Å²) < 4.78 is 27.7. The number of sulfonamides is 1. The Labute approximate surface area is 177 Å². The number of hydrogen-bond acceptors (Lipinski definition) is 4. The average molecular weight is 433 g/mol. The summed E-state index contributed by atoms with van der Waals surface area (Å²) in [5, 5.41) is 4.14. The highest BCUT2D eigenvalue weighted by atomic mass is 32.2. The molecule has 3 heterocycles. The van der Waals surface area contributed by atoms with Crippen molar-refractivity contribution in [2.75, 3.05) is 19.6 Å². The normalized spacial score (nSPS) is 26.0. The fraction of sp³-hybridized carbons (Fsp3) is 0.500. The molecular weight excluding hydrogens is 404 g/mol. The maximum Gasteiger partial charge on any atom is 0.254 e. The first kappa shape index (κ1) is 20.6. The summed E-state index contributed by atoms with van der Waals surface area (Å²) in [4.78, 5) is 15.3. The van der Waals surface area contributed by atoms with Gasteiger partial charge < -0.3 is 4.90 Å². The van der Waals surface area contributed by atoms with Gasteiger partial charge >= 0.3 is 0 Å². The molecule has 0 spiro atoms. The second kappa shape index (κ2) is 8.20. The number of carbonyl (C=O) groups excluding carboxylic acids is 1. The van der Waals surface area contributed by atoms with Crippen molar-refractivity contribution in [3.05, 3.63) is 52.2 Å². The number of carbonyl (C=O) groups is 1. The Hall–Kier alpha value is -1.70. The van der Waals surface area contributed by atoms with E-state index in [1.54, 1.807) is 39.9 Å². The van der Waals surface area contributed by atoms with E-state index in [1.165, 1.54) is 5.56 Å². The SMILES string of the molecule is CC1CC(C)CN(S(=O)(=O)c2ccc(C(=O)N3CCCC3c3ccsc3)cc2)C1. The van der Waals surface area contributed by atoms with Crippen LogP contribution in [-0.2, 0) is 10.0 Å². The number of amides is 1. The van der Waals surface area contributed by atoms with Crippen molar-refractivity contribution in [1.29, 1.82) is 0 Å². The molecule has 4 rings (SSSR count). The molecule has 5 nitrogen and oxygen atoms in total. The molecule has 1 amide bonds. The molecule has 3 unspecified atom stereocenters. The van der Waals surface area contributed by atoms with Crippen LogP contribution in [0.1, 0.15) is 55.1 Å². The van der Waals surface area contributed by atoms with Crippen LogP contribution in [0.15, 0.2) is 46.0 Å². The zero-order valence-electron chi connectivity index (χ0n) is 17.0. The van der Waals surface area contributed by atoms with Gasteiger partial charge in [0, 0.05) is 25.2 Å². The van der Waals surface area contributed by atoms with Gasteiger partial charge in [0.15, 0.2) is 0 Å². The number of thiophene rings is 1. The van der Waals surface area contributed by atoms with E-state index in [0.29, 0.717) is 30.5 Å². The third-order valence-electron chi connectivity index (χ3n) is 6.02. The highest BCUT2D eigenvalue weighted by Crippen LogP contribution is 2.34. The zero-order valence-corrected chi connectivity index (χ0v) is 18.6. The molecular formula is C22H28N2O3S2. The number of hydrogen-bond donors (Lipinski definition) is 0. The lowest BCUT2D eigenvalue weighted by atomic mass is 9.94. The predicted octanol–water partition coefficient (Wildman–Crippen LogP) is 4.39. The summed E-state index contributed by atoms with van der Waals surface area (Å²) in [6, 6.07) is 8.69. The summed E-state index contributed by atoms with van der Waals surface area (Å²) in [5.41, 5.74) is 1.74. The molecule has 7 heteroatoms. The Balaban J connectivity index is 1.52. The molecule has 1 aromatic carbocycles. The van der Waals surface area contributed by atoms with Crippen molar-refractivity contribution >= 4 is 27.3 Å². The van der Waals surface area contributed by atoms with Gasteiger partial charge in [-0.05, 0) is 77.8 Å². The van der Waals surface area contributed by atoms with Crippen LogP contribution in [0.5, 0.6) is 0 Å². The van der Waals surface area contributed by atoms with Crippen LogP contribution >= 0.6 is 11.3 Å². The molecule has 2 saturated heterocycles. The van der Waals surface area contributed by atoms with Crippen molar-refractivity contribution < 1.29 is 13.2 Å². The second-order valence-corrected chi connectivity index (χ2v) is 11.2. The Bertz CT molecular complexity index is 944. The summed E-state index contributed by atoms with van der Waals surface area (Å²) in [6.07, 6.45) is 3.02. The molecule has 2 aliphatic heterocycles. The van der Waals surface area contributed by atoms with Crippen LogP contribution < -0.4 is 0 Å². The zero-order chi connectivity index (χ0) is 20.6. The summed E-state index contributed by atoms with van der Waals surface area (Å²) in [5.74, 6) is 0.694. The summed E-state index contributed by atoms with van der Waals surface area (Å²) in [7, 11) is -3.53.